The number of rotatable bonds is 6. The predicted octanol–water partition coefficient (Wildman–Crippen LogP) is 4.17. The highest BCUT2D eigenvalue weighted by molar-refractivity contribution is 5.42. The number of nitrogen functional groups attached to an aromatic ring is 1. The number of nitrogens with two attached hydrogens (primary N) is 1. The van der Waals surface area contributed by atoms with Crippen LogP contribution < -0.4 is 5.73 Å². The van der Waals surface area contributed by atoms with E-state index in [1.54, 1.807) is 6.07 Å². The summed E-state index contributed by atoms with van der Waals surface area (Å²) in [6, 6.07) is 5.04. The van der Waals surface area contributed by atoms with Crippen molar-refractivity contribution in [3.05, 3.63) is 29.6 Å². The number of hydrogen-bond acceptors (Lipinski definition) is 1. The predicted molar refractivity (Wildman–Crippen MR) is 67.8 cm³/mol. The van der Waals surface area contributed by atoms with E-state index in [9.17, 15) is 4.39 Å². The third-order valence-corrected chi connectivity index (χ3v) is 3.00. The molecule has 1 nitrogen and oxygen atoms in total. The maximum atomic E-state index is 12.9. The monoisotopic (exact) mass is 223 g/mol. The van der Waals surface area contributed by atoms with Gasteiger partial charge in [-0.3, -0.25) is 0 Å². The zero-order chi connectivity index (χ0) is 12.0. The molecule has 0 aliphatic carbocycles. The molecular formula is C14H22FN. The van der Waals surface area contributed by atoms with E-state index in [4.69, 9.17) is 5.73 Å². The van der Waals surface area contributed by atoms with Crippen molar-refractivity contribution in [2.24, 2.45) is 5.92 Å². The molecule has 0 fully saturated rings. The Labute approximate surface area is 97.9 Å². The maximum absolute atomic E-state index is 12.9. The molecule has 0 aliphatic heterocycles. The van der Waals surface area contributed by atoms with Crippen LogP contribution in [0.1, 0.15) is 45.1 Å². The smallest absolute Gasteiger partial charge is 0.146 e. The summed E-state index contributed by atoms with van der Waals surface area (Å²) in [7, 11) is 0. The lowest BCUT2D eigenvalue weighted by Crippen LogP contribution is -1.97. The first kappa shape index (κ1) is 13.0. The van der Waals surface area contributed by atoms with E-state index < -0.39 is 0 Å². The van der Waals surface area contributed by atoms with E-state index in [-0.39, 0.29) is 11.5 Å². The van der Waals surface area contributed by atoms with Crippen LogP contribution in [0.15, 0.2) is 18.2 Å². The van der Waals surface area contributed by atoms with E-state index in [0.717, 1.165) is 24.3 Å². The summed E-state index contributed by atoms with van der Waals surface area (Å²) in [5, 5.41) is 0. The first-order valence-electron chi connectivity index (χ1n) is 6.17. The lowest BCUT2D eigenvalue weighted by Gasteiger charge is -2.09. The molecule has 2 N–H and O–H groups in total. The van der Waals surface area contributed by atoms with E-state index in [1.807, 2.05) is 6.07 Å². The third kappa shape index (κ3) is 4.21. The van der Waals surface area contributed by atoms with Gasteiger partial charge in [-0.2, -0.15) is 0 Å². The molecule has 0 radical (unpaired) electrons. The summed E-state index contributed by atoms with van der Waals surface area (Å²) < 4.78 is 12.9. The summed E-state index contributed by atoms with van der Waals surface area (Å²) in [5.41, 5.74) is 6.93. The largest absolute Gasteiger partial charge is 0.396 e. The maximum Gasteiger partial charge on any atom is 0.146 e. The fraction of sp³-hybridized carbons (Fsp3) is 0.571. The molecule has 0 amide bonds. The van der Waals surface area contributed by atoms with Gasteiger partial charge in [-0.1, -0.05) is 39.2 Å². The number of hydrogen-bond donors (Lipinski definition) is 1. The zero-order valence-electron chi connectivity index (χ0n) is 10.3. The minimum absolute atomic E-state index is 0.263. The molecular weight excluding hydrogens is 201 g/mol. The highest BCUT2D eigenvalue weighted by atomic mass is 19.1. The van der Waals surface area contributed by atoms with Gasteiger partial charge >= 0.3 is 0 Å². The van der Waals surface area contributed by atoms with E-state index in [2.05, 4.69) is 13.8 Å². The molecule has 0 aromatic heterocycles. The number of anilines is 1. The molecule has 0 spiro atoms. The fourth-order valence-electron chi connectivity index (χ4n) is 2.04. The second kappa shape index (κ2) is 6.51. The van der Waals surface area contributed by atoms with Gasteiger partial charge in [0.05, 0.1) is 5.69 Å². The van der Waals surface area contributed by atoms with Crippen LogP contribution in [-0.2, 0) is 6.42 Å². The Kier molecular flexibility index (Phi) is 5.30. The zero-order valence-corrected chi connectivity index (χ0v) is 10.3. The van der Waals surface area contributed by atoms with Crippen LogP contribution in [0.3, 0.4) is 0 Å². The molecule has 1 rings (SSSR count). The van der Waals surface area contributed by atoms with Gasteiger partial charge in [-0.15, -0.1) is 0 Å². The van der Waals surface area contributed by atoms with Gasteiger partial charge < -0.3 is 5.73 Å². The average Bonchev–Trinajstić information content (AvgIpc) is 2.24. The number of halogens is 1. The normalized spacial score (nSPS) is 12.7. The number of benzene rings is 1. The summed E-state index contributed by atoms with van der Waals surface area (Å²) in [5.74, 6) is 0.478. The lowest BCUT2D eigenvalue weighted by atomic mass is 9.97. The Bertz CT molecular complexity index is 323. The summed E-state index contributed by atoms with van der Waals surface area (Å²) >= 11 is 0. The second-order valence-electron chi connectivity index (χ2n) is 4.64. The molecule has 16 heavy (non-hydrogen) atoms. The van der Waals surface area contributed by atoms with Gasteiger partial charge in [0.15, 0.2) is 0 Å². The van der Waals surface area contributed by atoms with Gasteiger partial charge in [0.2, 0.25) is 0 Å². The van der Waals surface area contributed by atoms with E-state index >= 15 is 0 Å². The second-order valence-corrected chi connectivity index (χ2v) is 4.64. The van der Waals surface area contributed by atoms with Crippen molar-refractivity contribution in [3.8, 4) is 0 Å². The topological polar surface area (TPSA) is 26.0 Å². The van der Waals surface area contributed by atoms with Gasteiger partial charge in [0.25, 0.3) is 0 Å². The van der Waals surface area contributed by atoms with Gasteiger partial charge in [-0.05, 0) is 36.5 Å². The number of aryl methyl sites for hydroxylation is 1. The molecule has 0 heterocycles. The van der Waals surface area contributed by atoms with Crippen molar-refractivity contribution in [3.63, 3.8) is 0 Å². The first-order chi connectivity index (χ1) is 7.63. The van der Waals surface area contributed by atoms with Crippen molar-refractivity contribution in [1.29, 1.82) is 0 Å². The minimum atomic E-state index is -0.317. The van der Waals surface area contributed by atoms with Crippen molar-refractivity contribution in [2.75, 3.05) is 5.73 Å². The van der Waals surface area contributed by atoms with Crippen molar-refractivity contribution in [2.45, 2.75) is 46.0 Å². The van der Waals surface area contributed by atoms with Crippen molar-refractivity contribution in [1.82, 2.24) is 0 Å². The highest BCUT2D eigenvalue weighted by Crippen LogP contribution is 2.17. The molecule has 2 heteroatoms. The van der Waals surface area contributed by atoms with E-state index in [1.165, 1.54) is 25.3 Å². The van der Waals surface area contributed by atoms with Gasteiger partial charge in [-0.25, -0.2) is 4.39 Å². The Morgan fingerprint density at radius 1 is 1.31 bits per heavy atom. The summed E-state index contributed by atoms with van der Waals surface area (Å²) in [4.78, 5) is 0. The molecule has 1 aromatic rings. The van der Waals surface area contributed by atoms with Crippen LogP contribution in [0.25, 0.3) is 0 Å². The molecule has 0 saturated heterocycles. The minimum Gasteiger partial charge on any atom is -0.396 e. The molecule has 1 atom stereocenters. The Hall–Kier alpha value is -1.05. The van der Waals surface area contributed by atoms with Gasteiger partial charge in [0.1, 0.15) is 5.82 Å². The summed E-state index contributed by atoms with van der Waals surface area (Å²) in [6.07, 6.45) is 5.95. The quantitative estimate of drug-likeness (QED) is 0.720. The van der Waals surface area contributed by atoms with Crippen molar-refractivity contribution < 1.29 is 4.39 Å². The van der Waals surface area contributed by atoms with Crippen LogP contribution in [0.2, 0.25) is 0 Å². The van der Waals surface area contributed by atoms with Crippen LogP contribution in [0, 0.1) is 11.7 Å². The third-order valence-electron chi connectivity index (χ3n) is 3.00. The SMILES string of the molecule is CCC[C@H](C)CCCc1ccc(F)c(N)c1. The Balaban J connectivity index is 2.34. The standard InChI is InChI=1S/C14H22FN/c1-3-5-11(2)6-4-7-12-8-9-13(15)14(16)10-12/h8-11H,3-7,16H2,1-2H3/t11-/m0/s1. The van der Waals surface area contributed by atoms with Crippen LogP contribution >= 0.6 is 0 Å². The lowest BCUT2D eigenvalue weighted by molar-refractivity contribution is 0.469. The van der Waals surface area contributed by atoms with Crippen LogP contribution in [-0.4, -0.2) is 0 Å². The average molecular weight is 223 g/mol. The van der Waals surface area contributed by atoms with Crippen LogP contribution in [0.5, 0.6) is 0 Å². The Morgan fingerprint density at radius 2 is 2.06 bits per heavy atom. The molecule has 90 valence electrons. The first-order valence-corrected chi connectivity index (χ1v) is 6.17. The molecule has 1 aromatic carbocycles. The van der Waals surface area contributed by atoms with Gasteiger partial charge in [0, 0.05) is 0 Å². The van der Waals surface area contributed by atoms with Crippen molar-refractivity contribution >= 4 is 5.69 Å². The molecule has 0 saturated carbocycles. The van der Waals surface area contributed by atoms with Crippen LogP contribution in [0.4, 0.5) is 10.1 Å². The fourth-order valence-corrected chi connectivity index (χ4v) is 2.04. The Morgan fingerprint density at radius 3 is 2.69 bits per heavy atom. The highest BCUT2D eigenvalue weighted by Gasteiger charge is 2.03. The molecule has 0 unspecified atom stereocenters. The van der Waals surface area contributed by atoms with E-state index in [0.29, 0.717) is 0 Å². The molecule has 0 bridgehead atoms. The molecule has 0 aliphatic rings. The summed E-state index contributed by atoms with van der Waals surface area (Å²) in [6.45, 7) is 4.51.